The Labute approximate surface area is 33.0 Å². The summed E-state index contributed by atoms with van der Waals surface area (Å²) in [5, 5.41) is 0. The van der Waals surface area contributed by atoms with Crippen LogP contribution in [0.1, 0.15) is 0 Å². The van der Waals surface area contributed by atoms with Crippen molar-refractivity contribution in [3.63, 3.8) is 0 Å². The van der Waals surface area contributed by atoms with Crippen molar-refractivity contribution >= 4 is 20.1 Å². The summed E-state index contributed by atoms with van der Waals surface area (Å²) < 4.78 is 0. The zero-order chi connectivity index (χ0) is 3.54. The maximum atomic E-state index is 2.99. The van der Waals surface area contributed by atoms with E-state index in [2.05, 4.69) is 11.8 Å². The average Bonchev–Trinajstić information content (AvgIpc) is 1.76. The van der Waals surface area contributed by atoms with E-state index in [0.717, 1.165) is 7.28 Å². The summed E-state index contributed by atoms with van der Waals surface area (Å²) in [6.45, 7) is 1.93. The van der Waals surface area contributed by atoms with E-state index in [-0.39, 0.29) is 0 Å². The van der Waals surface area contributed by atoms with Crippen LogP contribution in [-0.2, 0) is 0 Å². The van der Waals surface area contributed by atoms with E-state index < -0.39 is 0 Å². The predicted molar refractivity (Wildman–Crippen MR) is 27.0 cm³/mol. The molecule has 0 bridgehead atoms. The zero-order valence-electron chi connectivity index (χ0n) is 2.94. The van der Waals surface area contributed by atoms with Gasteiger partial charge in [0.1, 0.15) is 0 Å². The molecule has 0 saturated carbocycles. The number of hydrogen-bond donors (Lipinski definition) is 0. The molecule has 0 aromatic carbocycles. The molecule has 1 heterocycles. The molecule has 1 rings (SSSR count). The predicted octanol–water partition coefficient (Wildman–Crippen LogP) is -0.751. The van der Waals surface area contributed by atoms with Gasteiger partial charge in [-0.25, -0.2) is 0 Å². The minimum atomic E-state index is 1.01. The van der Waals surface area contributed by atoms with E-state index in [1.807, 2.05) is 12.9 Å². The van der Waals surface area contributed by atoms with Gasteiger partial charge in [-0.3, -0.25) is 0 Å². The van der Waals surface area contributed by atoms with Crippen LogP contribution in [-0.4, -0.2) is 20.1 Å². The van der Waals surface area contributed by atoms with Gasteiger partial charge in [-0.1, -0.05) is 0 Å². The molecule has 0 N–H and O–H groups in total. The summed E-state index contributed by atoms with van der Waals surface area (Å²) in [6.07, 6.45) is 0. The maximum absolute atomic E-state index is 2.99. The molecule has 0 aromatic heterocycles. The van der Waals surface area contributed by atoms with E-state index in [1.54, 1.807) is 0 Å². The first-order chi connectivity index (χ1) is 2.50. The Balaban J connectivity index is 2.61. The van der Waals surface area contributed by atoms with E-state index >= 15 is 0 Å². The van der Waals surface area contributed by atoms with Gasteiger partial charge in [-0.05, 0) is 0 Å². The summed E-state index contributed by atoms with van der Waals surface area (Å²) >= 11 is 0. The molecular weight excluding hydrogens is 57.7 g/mol. The van der Waals surface area contributed by atoms with Gasteiger partial charge in [0.05, 0.1) is 0 Å². The molecule has 5 heavy (non-hydrogen) atoms. The van der Waals surface area contributed by atoms with Crippen LogP contribution in [0.25, 0.3) is 0 Å². The van der Waals surface area contributed by atoms with Crippen LogP contribution < -0.4 is 0 Å². The van der Waals surface area contributed by atoms with Crippen LogP contribution in [0.5, 0.6) is 0 Å². The van der Waals surface area contributed by atoms with Gasteiger partial charge in [-0.15, -0.1) is 0 Å². The summed E-state index contributed by atoms with van der Waals surface area (Å²) in [4.78, 5) is 0. The molecule has 0 atom stereocenters. The minimum absolute atomic E-state index is 1.01. The molecule has 0 unspecified atom stereocenters. The second-order valence-corrected chi connectivity index (χ2v) is 1.00. The summed E-state index contributed by atoms with van der Waals surface area (Å²) in [6, 6.07) is 0. The molecular formula is C3H3B2. The second kappa shape index (κ2) is 1.25. The average molecular weight is 60.7 g/mol. The van der Waals surface area contributed by atoms with E-state index in [4.69, 9.17) is 0 Å². The van der Waals surface area contributed by atoms with Crippen LogP contribution in [0.15, 0.2) is 12.0 Å². The Morgan fingerprint density at radius 3 is 3.00 bits per heavy atom. The molecule has 0 aromatic rings. The van der Waals surface area contributed by atoms with Gasteiger partial charge in [-0.2, -0.15) is 0 Å². The Morgan fingerprint density at radius 1 is 1.80 bits per heavy atom. The fourth-order valence-corrected chi connectivity index (χ4v) is 0.340. The van der Waals surface area contributed by atoms with Crippen LogP contribution in [0.3, 0.4) is 0 Å². The van der Waals surface area contributed by atoms with E-state index in [0.29, 0.717) is 0 Å². The van der Waals surface area contributed by atoms with Gasteiger partial charge in [0.2, 0.25) is 0 Å². The van der Waals surface area contributed by atoms with Gasteiger partial charge in [0.15, 0.2) is 0 Å². The molecule has 1 aliphatic heterocycles. The molecule has 2 heteroatoms. The van der Waals surface area contributed by atoms with Crippen molar-refractivity contribution in [1.29, 1.82) is 0 Å². The third-order valence-electron chi connectivity index (χ3n) is 0.586. The molecule has 0 fully saturated rings. The third-order valence-corrected chi connectivity index (χ3v) is 0.586. The Bertz CT molecular complexity index is 63.0. The topological polar surface area (TPSA) is 0 Å². The van der Waals surface area contributed by atoms with Gasteiger partial charge in [0, 0.05) is 0 Å². The van der Waals surface area contributed by atoms with Crippen molar-refractivity contribution in [2.45, 2.75) is 0 Å². The Kier molecular flexibility index (Phi) is 0.737. The Morgan fingerprint density at radius 2 is 2.80 bits per heavy atom. The summed E-state index contributed by atoms with van der Waals surface area (Å²) in [7, 11) is 1.01. The van der Waals surface area contributed by atoms with Crippen molar-refractivity contribution < 1.29 is 0 Å². The first kappa shape index (κ1) is 2.95. The molecule has 0 saturated heterocycles. The van der Waals surface area contributed by atoms with Gasteiger partial charge in [0.25, 0.3) is 0 Å². The van der Waals surface area contributed by atoms with Crippen molar-refractivity contribution in [2.24, 2.45) is 0 Å². The summed E-state index contributed by atoms with van der Waals surface area (Å²) in [5.41, 5.74) is 0. The van der Waals surface area contributed by atoms with E-state index in [1.165, 1.54) is 0 Å². The second-order valence-electron chi connectivity index (χ2n) is 1.00. The molecule has 0 nitrogen and oxygen atoms in total. The monoisotopic (exact) mass is 61.0 g/mol. The van der Waals surface area contributed by atoms with Gasteiger partial charge >= 0.3 is 32.0 Å². The standard InChI is InChI=1S/C3H3B2/c1-2-5-3-4-1/h1-2,4H. The molecule has 0 spiro atoms. The van der Waals surface area contributed by atoms with Gasteiger partial charge < -0.3 is 0 Å². The van der Waals surface area contributed by atoms with Crippen LogP contribution in [0.2, 0.25) is 0 Å². The third kappa shape index (κ3) is 0.504. The van der Waals surface area contributed by atoms with Crippen molar-refractivity contribution in [2.75, 3.05) is 0 Å². The van der Waals surface area contributed by atoms with E-state index in [9.17, 15) is 0 Å². The van der Waals surface area contributed by atoms with Crippen molar-refractivity contribution in [3.8, 4) is 0 Å². The Hall–Kier alpha value is -0.260. The molecule has 0 amide bonds. The fourth-order valence-electron chi connectivity index (χ4n) is 0.340. The fraction of sp³-hybridized carbons (Fsp3) is 0. The normalized spacial score (nSPS) is 14.4. The summed E-state index contributed by atoms with van der Waals surface area (Å²) in [5.74, 6) is 7.06. The zero-order valence-corrected chi connectivity index (χ0v) is 2.94. The molecule has 1 aliphatic rings. The van der Waals surface area contributed by atoms with Crippen LogP contribution >= 0.6 is 0 Å². The van der Waals surface area contributed by atoms with Crippen LogP contribution in [0, 0.1) is 0 Å². The molecule has 0 aliphatic carbocycles. The first-order valence-corrected chi connectivity index (χ1v) is 1.72. The molecule has 1 radical (unpaired) electrons. The number of hydrogen-bond acceptors (Lipinski definition) is 0. The molecule has 21 valence electrons. The first-order valence-electron chi connectivity index (χ1n) is 1.72. The quantitative estimate of drug-likeness (QED) is 0.323. The van der Waals surface area contributed by atoms with Crippen LogP contribution in [0.4, 0.5) is 0 Å². The van der Waals surface area contributed by atoms with Crippen molar-refractivity contribution in [1.82, 2.24) is 0 Å². The number of rotatable bonds is 0. The SMILES string of the molecule is B1=[C]BC=C1. The van der Waals surface area contributed by atoms with Crippen molar-refractivity contribution in [3.05, 3.63) is 12.0 Å².